The molecule has 4 heteroatoms. The second kappa shape index (κ2) is 8.20. The minimum absolute atomic E-state index is 0.119. The van der Waals surface area contributed by atoms with E-state index in [2.05, 4.69) is 63.4 Å². The van der Waals surface area contributed by atoms with Gasteiger partial charge in [-0.25, -0.2) is 4.98 Å². The van der Waals surface area contributed by atoms with Crippen LogP contribution in [-0.2, 0) is 18.4 Å². The smallest absolute Gasteiger partial charge is 0.183 e. The van der Waals surface area contributed by atoms with E-state index in [1.54, 1.807) is 5.57 Å². The van der Waals surface area contributed by atoms with Crippen molar-refractivity contribution >= 4 is 16.5 Å². The molecule has 1 aromatic carbocycles. The van der Waals surface area contributed by atoms with Gasteiger partial charge in [-0.2, -0.15) is 0 Å². The molecule has 0 spiro atoms. The van der Waals surface area contributed by atoms with Crippen LogP contribution < -0.4 is 5.32 Å². The fourth-order valence-electron chi connectivity index (χ4n) is 8.04. The molecule has 1 aromatic heterocycles. The fourth-order valence-corrected chi connectivity index (χ4v) is 9.20. The molecule has 4 aliphatic rings. The molecule has 1 heterocycles. The molecule has 182 valence electrons. The number of benzene rings is 1. The average Bonchev–Trinajstić information content (AvgIpc) is 3.35. The Bertz CT molecular complexity index is 1100. The van der Waals surface area contributed by atoms with E-state index < -0.39 is 0 Å². The highest BCUT2D eigenvalue weighted by Crippen LogP contribution is 2.64. The first-order valence-corrected chi connectivity index (χ1v) is 14.3. The van der Waals surface area contributed by atoms with E-state index in [1.165, 1.54) is 47.4 Å². The number of hydrogen-bond acceptors (Lipinski definition) is 4. The second-order valence-corrected chi connectivity index (χ2v) is 13.4. The van der Waals surface area contributed by atoms with Crippen molar-refractivity contribution in [2.24, 2.45) is 23.2 Å². The average molecular weight is 477 g/mol. The van der Waals surface area contributed by atoms with E-state index in [4.69, 9.17) is 4.98 Å². The molecule has 2 fully saturated rings. The third-order valence-electron chi connectivity index (χ3n) is 10.2. The van der Waals surface area contributed by atoms with Crippen LogP contribution in [0.25, 0.3) is 0 Å². The summed E-state index contributed by atoms with van der Waals surface area (Å²) in [4.78, 5) is 6.75. The maximum absolute atomic E-state index is 10.3. The SMILES string of the molecule is CC(C)c1ccc(CNc2nc3c(s2)CC2C4CC=C5C[C@@H](O)CC[C@]5(C)C4CC[C@]32C)cc1. The monoisotopic (exact) mass is 476 g/mol. The van der Waals surface area contributed by atoms with Crippen molar-refractivity contribution in [1.82, 2.24) is 4.98 Å². The van der Waals surface area contributed by atoms with Gasteiger partial charge < -0.3 is 10.4 Å². The number of anilines is 1. The van der Waals surface area contributed by atoms with Gasteiger partial charge in [0.1, 0.15) is 0 Å². The molecule has 2 N–H and O–H groups in total. The summed E-state index contributed by atoms with van der Waals surface area (Å²) < 4.78 is 0. The van der Waals surface area contributed by atoms with E-state index in [0.717, 1.165) is 48.7 Å². The lowest BCUT2D eigenvalue weighted by molar-refractivity contribution is -0.0169. The number of aromatic nitrogens is 1. The molecule has 34 heavy (non-hydrogen) atoms. The Morgan fingerprint density at radius 1 is 1.06 bits per heavy atom. The number of fused-ring (bicyclic) bond motifs is 7. The molecule has 0 aliphatic heterocycles. The van der Waals surface area contributed by atoms with Crippen LogP contribution >= 0.6 is 11.3 Å². The van der Waals surface area contributed by atoms with Gasteiger partial charge in [0, 0.05) is 16.8 Å². The molecule has 0 saturated heterocycles. The van der Waals surface area contributed by atoms with Gasteiger partial charge in [0.25, 0.3) is 0 Å². The van der Waals surface area contributed by atoms with Gasteiger partial charge in [0.15, 0.2) is 5.13 Å². The topological polar surface area (TPSA) is 45.2 Å². The summed E-state index contributed by atoms with van der Waals surface area (Å²) in [7, 11) is 0. The highest BCUT2D eigenvalue weighted by molar-refractivity contribution is 7.15. The van der Waals surface area contributed by atoms with Crippen LogP contribution in [0.4, 0.5) is 5.13 Å². The zero-order valence-corrected chi connectivity index (χ0v) is 22.0. The van der Waals surface area contributed by atoms with E-state index in [0.29, 0.717) is 11.3 Å². The van der Waals surface area contributed by atoms with Crippen molar-refractivity contribution in [1.29, 1.82) is 0 Å². The van der Waals surface area contributed by atoms with Gasteiger partial charge in [0.2, 0.25) is 0 Å². The zero-order chi connectivity index (χ0) is 23.7. The predicted octanol–water partition coefficient (Wildman–Crippen LogP) is 7.22. The predicted molar refractivity (Wildman–Crippen MR) is 141 cm³/mol. The highest BCUT2D eigenvalue weighted by atomic mass is 32.1. The molecule has 4 aliphatic carbocycles. The molecule has 6 rings (SSSR count). The first-order valence-electron chi connectivity index (χ1n) is 13.5. The molecule has 3 unspecified atom stereocenters. The van der Waals surface area contributed by atoms with Gasteiger partial charge in [-0.3, -0.25) is 0 Å². The minimum atomic E-state index is -0.119. The Balaban J connectivity index is 1.18. The van der Waals surface area contributed by atoms with Gasteiger partial charge in [-0.05, 0) is 85.2 Å². The van der Waals surface area contributed by atoms with Crippen molar-refractivity contribution in [2.45, 2.75) is 96.6 Å². The van der Waals surface area contributed by atoms with E-state index in [-0.39, 0.29) is 11.5 Å². The van der Waals surface area contributed by atoms with Gasteiger partial charge in [-0.1, -0.05) is 63.6 Å². The number of hydrogen-bond donors (Lipinski definition) is 2. The molecule has 0 bridgehead atoms. The van der Waals surface area contributed by atoms with Crippen molar-refractivity contribution in [3.63, 3.8) is 0 Å². The largest absolute Gasteiger partial charge is 0.393 e. The Morgan fingerprint density at radius 2 is 1.82 bits per heavy atom. The van der Waals surface area contributed by atoms with Crippen molar-refractivity contribution in [3.8, 4) is 0 Å². The van der Waals surface area contributed by atoms with Crippen LogP contribution in [0.5, 0.6) is 0 Å². The molecule has 0 amide bonds. The van der Waals surface area contributed by atoms with Crippen LogP contribution in [-0.4, -0.2) is 16.2 Å². The number of aliphatic hydroxyl groups is 1. The van der Waals surface area contributed by atoms with E-state index >= 15 is 0 Å². The summed E-state index contributed by atoms with van der Waals surface area (Å²) in [5.74, 6) is 2.84. The first kappa shape index (κ1) is 22.8. The summed E-state index contributed by atoms with van der Waals surface area (Å²) in [6.07, 6.45) is 10.4. The standard InChI is InChI=1S/C30H40N2OS/c1-18(2)20-7-5-19(6-8-20)17-31-28-32-27-26(34-28)16-25-23-10-9-21-15-22(33)11-13-29(21,3)24(23)12-14-30(25,27)4/h5-9,18,22-25,33H,10-17H2,1-4H3,(H,31,32)/t22-,23?,24?,25?,29-,30-/m0/s1. The summed E-state index contributed by atoms with van der Waals surface area (Å²) >= 11 is 1.90. The van der Waals surface area contributed by atoms with Crippen LogP contribution in [0, 0.1) is 23.2 Å². The maximum atomic E-state index is 10.3. The molecule has 6 atom stereocenters. The summed E-state index contributed by atoms with van der Waals surface area (Å²) in [5, 5.41) is 15.0. The van der Waals surface area contributed by atoms with Crippen LogP contribution in [0.1, 0.15) is 93.8 Å². The number of aliphatic hydroxyl groups excluding tert-OH is 1. The Kier molecular flexibility index (Phi) is 5.50. The lowest BCUT2D eigenvalue weighted by Crippen LogP contribution is -2.51. The lowest BCUT2D eigenvalue weighted by atomic mass is 9.48. The highest BCUT2D eigenvalue weighted by Gasteiger charge is 2.58. The third kappa shape index (κ3) is 3.51. The normalized spacial score (nSPS) is 36.4. The van der Waals surface area contributed by atoms with E-state index in [9.17, 15) is 5.11 Å². The van der Waals surface area contributed by atoms with Gasteiger partial charge in [-0.15, -0.1) is 11.3 Å². The Morgan fingerprint density at radius 3 is 2.59 bits per heavy atom. The van der Waals surface area contributed by atoms with Crippen LogP contribution in [0.2, 0.25) is 0 Å². The lowest BCUT2D eigenvalue weighted by Gasteiger charge is -2.57. The number of allylic oxidation sites excluding steroid dienone is 1. The zero-order valence-electron chi connectivity index (χ0n) is 21.2. The number of nitrogens with zero attached hydrogens (tertiary/aromatic N) is 1. The maximum Gasteiger partial charge on any atom is 0.183 e. The van der Waals surface area contributed by atoms with Gasteiger partial charge in [0.05, 0.1) is 11.8 Å². The number of thiazole rings is 1. The molecule has 0 radical (unpaired) electrons. The molecular formula is C30H40N2OS. The van der Waals surface area contributed by atoms with Crippen molar-refractivity contribution < 1.29 is 5.11 Å². The van der Waals surface area contributed by atoms with Crippen LogP contribution in [0.15, 0.2) is 35.9 Å². The second-order valence-electron chi connectivity index (χ2n) is 12.4. The minimum Gasteiger partial charge on any atom is -0.393 e. The summed E-state index contributed by atoms with van der Waals surface area (Å²) in [6.45, 7) is 10.4. The molecule has 2 aromatic rings. The number of nitrogens with one attached hydrogen (secondary N) is 1. The Hall–Kier alpha value is -1.65. The quantitative estimate of drug-likeness (QED) is 0.458. The first-order chi connectivity index (χ1) is 16.3. The molecule has 2 saturated carbocycles. The molecular weight excluding hydrogens is 436 g/mol. The van der Waals surface area contributed by atoms with E-state index in [1.807, 2.05) is 11.3 Å². The van der Waals surface area contributed by atoms with Crippen LogP contribution in [0.3, 0.4) is 0 Å². The van der Waals surface area contributed by atoms with Gasteiger partial charge >= 0.3 is 0 Å². The number of rotatable bonds is 4. The summed E-state index contributed by atoms with van der Waals surface area (Å²) in [5.41, 5.74) is 6.22. The fraction of sp³-hybridized carbons (Fsp3) is 0.633. The third-order valence-corrected chi connectivity index (χ3v) is 11.2. The van der Waals surface area contributed by atoms with Crippen molar-refractivity contribution in [2.75, 3.05) is 5.32 Å². The molecule has 3 nitrogen and oxygen atoms in total. The Labute approximate surface area is 209 Å². The summed E-state index contributed by atoms with van der Waals surface area (Å²) in [6, 6.07) is 9.01. The van der Waals surface area contributed by atoms with Crippen molar-refractivity contribution in [3.05, 3.63) is 57.6 Å².